The average molecular weight is 333 g/mol. The fourth-order valence-corrected chi connectivity index (χ4v) is 3.38. The number of rotatable bonds is 7. The van der Waals surface area contributed by atoms with Crippen molar-refractivity contribution in [1.29, 1.82) is 0 Å². The number of ether oxygens (including phenoxy) is 1. The lowest BCUT2D eigenvalue weighted by Crippen LogP contribution is -2.40. The van der Waals surface area contributed by atoms with Gasteiger partial charge in [0, 0.05) is 6.92 Å². The molecule has 0 aliphatic rings. The molecule has 122 valence electrons. The highest BCUT2D eigenvalue weighted by atomic mass is 32.2. The first kappa shape index (κ1) is 17.2. The monoisotopic (exact) mass is 333 g/mol. The molecule has 0 aromatic heterocycles. The molecular weight excluding hydrogens is 314 g/mol. The summed E-state index contributed by atoms with van der Waals surface area (Å²) in [5.74, 6) is -0.443. The predicted octanol–water partition coefficient (Wildman–Crippen LogP) is 2.14. The molecule has 0 aliphatic carbocycles. The molecule has 2 aromatic carbocycles. The molecule has 0 saturated heterocycles. The van der Waals surface area contributed by atoms with E-state index in [1.807, 2.05) is 30.3 Å². The summed E-state index contributed by atoms with van der Waals surface area (Å²) in [4.78, 5) is 11.2. The second-order valence-corrected chi connectivity index (χ2v) is 6.84. The van der Waals surface area contributed by atoms with Crippen molar-refractivity contribution in [2.75, 3.05) is 6.61 Å². The summed E-state index contributed by atoms with van der Waals surface area (Å²) in [6.07, 6.45) is 0.431. The number of esters is 1. The molecule has 0 heterocycles. The Labute approximate surface area is 136 Å². The van der Waals surface area contributed by atoms with E-state index in [0.29, 0.717) is 6.42 Å². The van der Waals surface area contributed by atoms with Crippen LogP contribution in [0.25, 0.3) is 0 Å². The highest BCUT2D eigenvalue weighted by Crippen LogP contribution is 2.11. The molecular formula is C17H19NO4S. The maximum absolute atomic E-state index is 12.4. The quantitative estimate of drug-likeness (QED) is 0.788. The highest BCUT2D eigenvalue weighted by molar-refractivity contribution is 7.89. The third kappa shape index (κ3) is 5.50. The van der Waals surface area contributed by atoms with Gasteiger partial charge in [-0.1, -0.05) is 48.5 Å². The minimum absolute atomic E-state index is 0.0176. The van der Waals surface area contributed by atoms with E-state index in [2.05, 4.69) is 4.72 Å². The summed E-state index contributed by atoms with van der Waals surface area (Å²) in [5.41, 5.74) is 0.959. The smallest absolute Gasteiger partial charge is 0.302 e. The van der Waals surface area contributed by atoms with Crippen molar-refractivity contribution in [3.05, 3.63) is 66.2 Å². The minimum atomic E-state index is -3.67. The van der Waals surface area contributed by atoms with Crippen LogP contribution in [-0.2, 0) is 26.0 Å². The Morgan fingerprint density at radius 2 is 1.61 bits per heavy atom. The molecule has 0 spiro atoms. The van der Waals surface area contributed by atoms with Gasteiger partial charge in [-0.05, 0) is 24.1 Å². The Morgan fingerprint density at radius 1 is 1.04 bits per heavy atom. The summed E-state index contributed by atoms with van der Waals surface area (Å²) < 4.78 is 32.5. The van der Waals surface area contributed by atoms with Crippen LogP contribution in [0.15, 0.2) is 65.6 Å². The fourth-order valence-electron chi connectivity index (χ4n) is 2.14. The molecule has 1 N–H and O–H groups in total. The maximum atomic E-state index is 12.4. The van der Waals surface area contributed by atoms with E-state index in [1.165, 1.54) is 19.1 Å². The van der Waals surface area contributed by atoms with Gasteiger partial charge >= 0.3 is 5.97 Å². The van der Waals surface area contributed by atoms with Gasteiger partial charge in [-0.2, -0.15) is 0 Å². The van der Waals surface area contributed by atoms with Gasteiger partial charge in [0.15, 0.2) is 0 Å². The summed E-state index contributed by atoms with van der Waals surface area (Å²) in [7, 11) is -3.67. The molecule has 0 saturated carbocycles. The molecule has 0 amide bonds. The number of sulfonamides is 1. The van der Waals surface area contributed by atoms with Crippen LogP contribution in [0.3, 0.4) is 0 Å². The molecule has 6 heteroatoms. The third-order valence-corrected chi connectivity index (χ3v) is 4.72. The number of nitrogens with one attached hydrogen (secondary N) is 1. The van der Waals surface area contributed by atoms with Crippen molar-refractivity contribution >= 4 is 16.0 Å². The minimum Gasteiger partial charge on any atom is -0.464 e. The molecule has 0 radical (unpaired) electrons. The van der Waals surface area contributed by atoms with Crippen LogP contribution in [0.2, 0.25) is 0 Å². The van der Waals surface area contributed by atoms with Crippen molar-refractivity contribution in [2.24, 2.45) is 0 Å². The SMILES string of the molecule is CC(=O)OC[C@H](Cc1ccccc1)NS(=O)(=O)c1ccccc1. The van der Waals surface area contributed by atoms with Gasteiger partial charge in [0.2, 0.25) is 10.0 Å². The highest BCUT2D eigenvalue weighted by Gasteiger charge is 2.21. The van der Waals surface area contributed by atoms with Crippen LogP contribution in [0.4, 0.5) is 0 Å². The zero-order chi connectivity index (χ0) is 16.7. The molecule has 0 aliphatic heterocycles. The first-order chi connectivity index (χ1) is 11.0. The van der Waals surface area contributed by atoms with Crippen molar-refractivity contribution in [2.45, 2.75) is 24.3 Å². The molecule has 1 atom stereocenters. The second kappa shape index (κ2) is 7.89. The van der Waals surface area contributed by atoms with Crippen LogP contribution in [-0.4, -0.2) is 27.0 Å². The largest absolute Gasteiger partial charge is 0.464 e. The van der Waals surface area contributed by atoms with Crippen LogP contribution < -0.4 is 4.72 Å². The maximum Gasteiger partial charge on any atom is 0.302 e. The van der Waals surface area contributed by atoms with E-state index in [9.17, 15) is 13.2 Å². The standard InChI is InChI=1S/C17H19NO4S/c1-14(19)22-13-16(12-15-8-4-2-5-9-15)18-23(20,21)17-10-6-3-7-11-17/h2-11,16,18H,12-13H2,1H3/t16-/m0/s1. The molecule has 5 nitrogen and oxygen atoms in total. The van der Waals surface area contributed by atoms with E-state index in [4.69, 9.17) is 4.74 Å². The Morgan fingerprint density at radius 3 is 2.17 bits per heavy atom. The molecule has 23 heavy (non-hydrogen) atoms. The van der Waals surface area contributed by atoms with Crippen LogP contribution in [0.5, 0.6) is 0 Å². The number of hydrogen-bond acceptors (Lipinski definition) is 4. The van der Waals surface area contributed by atoms with Crippen LogP contribution >= 0.6 is 0 Å². The van der Waals surface area contributed by atoms with Crippen molar-refractivity contribution in [3.63, 3.8) is 0 Å². The normalized spacial score (nSPS) is 12.6. The van der Waals surface area contributed by atoms with E-state index in [-0.39, 0.29) is 11.5 Å². The number of benzene rings is 2. The van der Waals surface area contributed by atoms with E-state index >= 15 is 0 Å². The van der Waals surface area contributed by atoms with Crippen LogP contribution in [0.1, 0.15) is 12.5 Å². The topological polar surface area (TPSA) is 72.5 Å². The Kier molecular flexibility index (Phi) is 5.90. The van der Waals surface area contributed by atoms with Gasteiger partial charge in [0.25, 0.3) is 0 Å². The molecule has 0 fully saturated rings. The van der Waals surface area contributed by atoms with Gasteiger partial charge in [0.05, 0.1) is 10.9 Å². The summed E-state index contributed by atoms with van der Waals surface area (Å²) >= 11 is 0. The van der Waals surface area contributed by atoms with Crippen molar-refractivity contribution in [3.8, 4) is 0 Å². The van der Waals surface area contributed by atoms with Gasteiger partial charge in [0.1, 0.15) is 6.61 Å². The average Bonchev–Trinajstić information content (AvgIpc) is 2.54. The lowest BCUT2D eigenvalue weighted by molar-refractivity contribution is -0.141. The van der Waals surface area contributed by atoms with E-state index in [1.54, 1.807) is 18.2 Å². The number of carbonyl (C=O) groups excluding carboxylic acids is 1. The second-order valence-electron chi connectivity index (χ2n) is 5.12. The van der Waals surface area contributed by atoms with Gasteiger partial charge in [-0.15, -0.1) is 0 Å². The summed E-state index contributed by atoms with van der Waals surface area (Å²) in [6, 6.07) is 17.0. The zero-order valence-corrected chi connectivity index (χ0v) is 13.6. The number of hydrogen-bond donors (Lipinski definition) is 1. The molecule has 0 bridgehead atoms. The lowest BCUT2D eigenvalue weighted by Gasteiger charge is -2.18. The summed E-state index contributed by atoms with van der Waals surface area (Å²) in [5, 5.41) is 0. The van der Waals surface area contributed by atoms with Gasteiger partial charge in [-0.3, -0.25) is 4.79 Å². The van der Waals surface area contributed by atoms with Gasteiger partial charge < -0.3 is 4.74 Å². The zero-order valence-electron chi connectivity index (χ0n) is 12.8. The first-order valence-electron chi connectivity index (χ1n) is 7.22. The van der Waals surface area contributed by atoms with Crippen molar-refractivity contribution < 1.29 is 17.9 Å². The molecule has 2 aromatic rings. The van der Waals surface area contributed by atoms with Gasteiger partial charge in [-0.25, -0.2) is 13.1 Å². The van der Waals surface area contributed by atoms with Crippen molar-refractivity contribution in [1.82, 2.24) is 4.72 Å². The molecule has 2 rings (SSSR count). The lowest BCUT2D eigenvalue weighted by atomic mass is 10.1. The van der Waals surface area contributed by atoms with E-state index < -0.39 is 22.0 Å². The van der Waals surface area contributed by atoms with E-state index in [0.717, 1.165) is 5.56 Å². The fraction of sp³-hybridized carbons (Fsp3) is 0.235. The summed E-state index contributed by atoms with van der Waals surface area (Å²) in [6.45, 7) is 1.28. The first-order valence-corrected chi connectivity index (χ1v) is 8.70. The Balaban J connectivity index is 2.15. The molecule has 0 unspecified atom stereocenters. The Bertz CT molecular complexity index is 730. The number of carbonyl (C=O) groups is 1. The van der Waals surface area contributed by atoms with Crippen LogP contribution in [0, 0.1) is 0 Å². The third-order valence-electron chi connectivity index (χ3n) is 3.19. The predicted molar refractivity (Wildman–Crippen MR) is 87.3 cm³/mol. The Hall–Kier alpha value is -2.18.